The maximum atomic E-state index is 13.2. The van der Waals surface area contributed by atoms with Gasteiger partial charge in [-0.15, -0.1) is 0 Å². The summed E-state index contributed by atoms with van der Waals surface area (Å²) in [6, 6.07) is 27.5. The quantitative estimate of drug-likeness (QED) is 0.240. The van der Waals surface area contributed by atoms with Crippen LogP contribution in [0.1, 0.15) is 33.5 Å². The van der Waals surface area contributed by atoms with Gasteiger partial charge in [-0.2, -0.15) is 11.8 Å². The van der Waals surface area contributed by atoms with Gasteiger partial charge in [-0.05, 0) is 82.5 Å². The normalized spacial score (nSPS) is 11.7. The van der Waals surface area contributed by atoms with E-state index in [1.807, 2.05) is 61.7 Å². The Bertz CT molecular complexity index is 1450. The van der Waals surface area contributed by atoms with E-state index in [1.165, 1.54) is 16.3 Å². The second-order valence-corrected chi connectivity index (χ2v) is 10.0. The number of allylic oxidation sites excluding steroid dienone is 1. The molecule has 0 aliphatic rings. The van der Waals surface area contributed by atoms with E-state index in [9.17, 15) is 14.7 Å². The van der Waals surface area contributed by atoms with E-state index < -0.39 is 12.0 Å². The fourth-order valence-electron chi connectivity index (χ4n) is 4.39. The van der Waals surface area contributed by atoms with E-state index in [0.29, 0.717) is 17.7 Å². The minimum atomic E-state index is -1.02. The molecule has 4 aromatic carbocycles. The predicted molar refractivity (Wildman–Crippen MR) is 162 cm³/mol. The molecular weight excluding hydrogens is 485 g/mol. The number of amides is 1. The van der Waals surface area contributed by atoms with Crippen molar-refractivity contribution < 1.29 is 14.7 Å². The van der Waals surface area contributed by atoms with Crippen LogP contribution in [0, 0.1) is 6.92 Å². The summed E-state index contributed by atoms with van der Waals surface area (Å²) in [5.41, 5.74) is 5.47. The molecule has 1 amide bonds. The Morgan fingerprint density at radius 1 is 0.921 bits per heavy atom. The Balaban J connectivity index is 0.00000400. The first kappa shape index (κ1) is 29.3. The number of fused-ring (bicyclic) bond motifs is 1. The third-order valence-electron chi connectivity index (χ3n) is 6.42. The molecule has 0 aromatic heterocycles. The SMILES string of the molecule is CSCC[C@H](NC(=O)c1ccc(C=CCc2ccc3ccccc3c2)cc1-c1ccccc1C)C(=O)O.[LiH]. The first-order valence-electron chi connectivity index (χ1n) is 12.3. The zero-order valence-electron chi connectivity index (χ0n) is 21.1. The van der Waals surface area contributed by atoms with Crippen LogP contribution >= 0.6 is 11.8 Å². The molecule has 190 valence electrons. The molecule has 4 nitrogen and oxygen atoms in total. The molecule has 0 saturated heterocycles. The molecule has 2 N–H and O–H groups in total. The molecule has 4 rings (SSSR count). The molecule has 6 heteroatoms. The fourth-order valence-corrected chi connectivity index (χ4v) is 4.86. The van der Waals surface area contributed by atoms with Crippen LogP contribution in [0.2, 0.25) is 0 Å². The number of benzene rings is 4. The Labute approximate surface area is 240 Å². The Hall–Kier alpha value is -3.23. The van der Waals surface area contributed by atoms with E-state index in [1.54, 1.807) is 17.8 Å². The molecule has 0 radical (unpaired) electrons. The van der Waals surface area contributed by atoms with Crippen molar-refractivity contribution in [3.05, 3.63) is 113 Å². The number of aliphatic carboxylic acids is 1. The van der Waals surface area contributed by atoms with Gasteiger partial charge in [0.25, 0.3) is 5.91 Å². The van der Waals surface area contributed by atoms with Gasteiger partial charge in [0.2, 0.25) is 0 Å². The van der Waals surface area contributed by atoms with Gasteiger partial charge in [0.15, 0.2) is 0 Å². The topological polar surface area (TPSA) is 66.4 Å². The fraction of sp³-hybridized carbons (Fsp3) is 0.188. The van der Waals surface area contributed by atoms with Crippen LogP contribution < -0.4 is 5.32 Å². The molecule has 0 aliphatic heterocycles. The van der Waals surface area contributed by atoms with Crippen molar-refractivity contribution in [2.24, 2.45) is 0 Å². The van der Waals surface area contributed by atoms with Gasteiger partial charge in [0.05, 0.1) is 0 Å². The van der Waals surface area contributed by atoms with Crippen molar-refractivity contribution in [2.45, 2.75) is 25.8 Å². The average Bonchev–Trinajstić information content (AvgIpc) is 2.91. The van der Waals surface area contributed by atoms with Crippen molar-refractivity contribution >= 4 is 59.3 Å². The molecule has 4 aromatic rings. The number of hydrogen-bond donors (Lipinski definition) is 2. The van der Waals surface area contributed by atoms with Gasteiger partial charge in [-0.3, -0.25) is 4.79 Å². The summed E-state index contributed by atoms with van der Waals surface area (Å²) < 4.78 is 0. The van der Waals surface area contributed by atoms with Crippen LogP contribution in [0.15, 0.2) is 91.0 Å². The van der Waals surface area contributed by atoms with E-state index >= 15 is 0 Å². The minimum absolute atomic E-state index is 0. The zero-order valence-corrected chi connectivity index (χ0v) is 21.9. The molecule has 0 bridgehead atoms. The molecule has 0 unspecified atom stereocenters. The number of nitrogens with one attached hydrogen (secondary N) is 1. The van der Waals surface area contributed by atoms with E-state index in [2.05, 4.69) is 47.8 Å². The summed E-state index contributed by atoms with van der Waals surface area (Å²) >= 11 is 1.56. The van der Waals surface area contributed by atoms with Crippen molar-refractivity contribution in [2.75, 3.05) is 12.0 Å². The van der Waals surface area contributed by atoms with Crippen LogP contribution in [-0.4, -0.2) is 53.9 Å². The summed E-state index contributed by atoms with van der Waals surface area (Å²) in [6.07, 6.45) is 7.28. The first-order valence-corrected chi connectivity index (χ1v) is 13.7. The van der Waals surface area contributed by atoms with Crippen LogP contribution in [0.4, 0.5) is 0 Å². The number of hydrogen-bond acceptors (Lipinski definition) is 3. The molecule has 0 aliphatic carbocycles. The van der Waals surface area contributed by atoms with Crippen molar-refractivity contribution in [3.8, 4) is 11.1 Å². The summed E-state index contributed by atoms with van der Waals surface area (Å²) in [7, 11) is 0. The third-order valence-corrected chi connectivity index (χ3v) is 7.06. The summed E-state index contributed by atoms with van der Waals surface area (Å²) in [5.74, 6) is -0.741. The number of carboxylic acids is 1. The molecule has 0 saturated carbocycles. The molecule has 0 fully saturated rings. The van der Waals surface area contributed by atoms with Crippen molar-refractivity contribution in [3.63, 3.8) is 0 Å². The molecule has 38 heavy (non-hydrogen) atoms. The third kappa shape index (κ3) is 7.42. The number of carboxylic acid groups (broad SMARTS) is 1. The summed E-state index contributed by atoms with van der Waals surface area (Å²) in [4.78, 5) is 25.0. The number of carbonyl (C=O) groups is 2. The Kier molecular flexibility index (Phi) is 10.9. The number of thioether (sulfide) groups is 1. The van der Waals surface area contributed by atoms with E-state index in [0.717, 1.165) is 28.7 Å². The molecule has 0 spiro atoms. The van der Waals surface area contributed by atoms with Crippen LogP contribution in [-0.2, 0) is 11.2 Å². The predicted octanol–water partition coefficient (Wildman–Crippen LogP) is 6.36. The molecular formula is C32H32LiNO3S. The van der Waals surface area contributed by atoms with Gasteiger partial charge in [0, 0.05) is 5.56 Å². The Morgan fingerprint density at radius 3 is 2.39 bits per heavy atom. The number of carbonyl (C=O) groups excluding carboxylic acids is 1. The molecule has 0 heterocycles. The van der Waals surface area contributed by atoms with E-state index in [-0.39, 0.29) is 24.8 Å². The monoisotopic (exact) mass is 517 g/mol. The second kappa shape index (κ2) is 14.1. The van der Waals surface area contributed by atoms with Gasteiger partial charge >= 0.3 is 24.8 Å². The van der Waals surface area contributed by atoms with Crippen LogP contribution in [0.3, 0.4) is 0 Å². The maximum absolute atomic E-state index is 13.2. The van der Waals surface area contributed by atoms with Gasteiger partial charge in [-0.25, -0.2) is 4.79 Å². The number of rotatable bonds is 10. The summed E-state index contributed by atoms with van der Waals surface area (Å²) in [6.45, 7) is 2.01. The summed E-state index contributed by atoms with van der Waals surface area (Å²) in [5, 5.41) is 14.8. The van der Waals surface area contributed by atoms with Crippen molar-refractivity contribution in [1.29, 1.82) is 0 Å². The van der Waals surface area contributed by atoms with Gasteiger partial charge in [0.1, 0.15) is 6.04 Å². The molecule has 1 atom stereocenters. The van der Waals surface area contributed by atoms with Gasteiger partial charge in [-0.1, -0.05) is 84.9 Å². The average molecular weight is 518 g/mol. The first-order chi connectivity index (χ1) is 18.0. The second-order valence-electron chi connectivity index (χ2n) is 9.05. The van der Waals surface area contributed by atoms with Crippen LogP contribution in [0.5, 0.6) is 0 Å². The van der Waals surface area contributed by atoms with Crippen LogP contribution in [0.25, 0.3) is 28.0 Å². The van der Waals surface area contributed by atoms with E-state index in [4.69, 9.17) is 0 Å². The zero-order chi connectivity index (χ0) is 26.2. The van der Waals surface area contributed by atoms with Crippen molar-refractivity contribution in [1.82, 2.24) is 5.32 Å². The standard InChI is InChI=1S/C32H31NO3S.Li.H/c1-22-8-3-6-13-27(22)29-21-24(10-7-9-23-14-16-25-11-4-5-12-26(25)20-23)15-17-28(29)31(34)33-30(32(35)36)18-19-37-2;;/h3-8,10-17,20-21,30H,9,18-19H2,1-2H3,(H,33,34)(H,35,36);;/t30-;;/m0../s1. The van der Waals surface area contributed by atoms with Gasteiger partial charge < -0.3 is 10.4 Å². The number of aryl methyl sites for hydroxylation is 1. The Morgan fingerprint density at radius 2 is 1.66 bits per heavy atom.